The highest BCUT2D eigenvalue weighted by atomic mass is 35.5. The van der Waals surface area contributed by atoms with Crippen molar-refractivity contribution in [2.24, 2.45) is 0 Å². The van der Waals surface area contributed by atoms with Crippen molar-refractivity contribution in [2.75, 3.05) is 5.73 Å². The molecule has 0 spiro atoms. The highest BCUT2D eigenvalue weighted by Gasteiger charge is 2.16. The number of amides is 1. The van der Waals surface area contributed by atoms with Gasteiger partial charge in [0.1, 0.15) is 0 Å². The molecule has 1 unspecified atom stereocenters. The topological polar surface area (TPSA) is 55.1 Å². The van der Waals surface area contributed by atoms with Crippen LogP contribution in [-0.2, 0) is 0 Å². The maximum atomic E-state index is 12.3. The van der Waals surface area contributed by atoms with Gasteiger partial charge in [0.2, 0.25) is 0 Å². The largest absolute Gasteiger partial charge is 0.398 e. The number of benzene rings is 2. The molecule has 3 nitrogen and oxygen atoms in total. The van der Waals surface area contributed by atoms with Gasteiger partial charge in [-0.25, -0.2) is 0 Å². The Morgan fingerprint density at radius 3 is 2.57 bits per heavy atom. The first kappa shape index (κ1) is 15.7. The normalized spacial score (nSPS) is 12.0. The standard InChI is InChI=1S/C16H16Cl2N2O/c1-9-3-6-15(19)13(7-9)16(21)20-10(2)12-5-4-11(17)8-14(12)18/h3-8,10H,19H2,1-2H3,(H,20,21). The van der Waals surface area contributed by atoms with Crippen LogP contribution in [0.1, 0.15) is 34.5 Å². The number of nitrogens with two attached hydrogens (primary N) is 1. The zero-order chi connectivity index (χ0) is 15.6. The molecule has 2 rings (SSSR count). The Bertz CT molecular complexity index is 686. The Labute approximate surface area is 134 Å². The molecule has 0 radical (unpaired) electrons. The summed E-state index contributed by atoms with van der Waals surface area (Å²) in [5.74, 6) is -0.227. The Kier molecular flexibility index (Phi) is 4.76. The molecule has 2 aromatic carbocycles. The fraction of sp³-hybridized carbons (Fsp3) is 0.188. The SMILES string of the molecule is Cc1ccc(N)c(C(=O)NC(C)c2ccc(Cl)cc2Cl)c1. The second kappa shape index (κ2) is 6.37. The molecule has 0 aliphatic heterocycles. The molecule has 110 valence electrons. The lowest BCUT2D eigenvalue weighted by Crippen LogP contribution is -2.27. The highest BCUT2D eigenvalue weighted by molar-refractivity contribution is 6.35. The van der Waals surface area contributed by atoms with Crippen LogP contribution in [0.5, 0.6) is 0 Å². The molecule has 1 amide bonds. The molecule has 5 heteroatoms. The van der Waals surface area contributed by atoms with Crippen molar-refractivity contribution in [3.63, 3.8) is 0 Å². The first-order valence-corrected chi connectivity index (χ1v) is 7.26. The van der Waals surface area contributed by atoms with Gasteiger partial charge >= 0.3 is 0 Å². The predicted molar refractivity (Wildman–Crippen MR) is 87.9 cm³/mol. The van der Waals surface area contributed by atoms with E-state index in [0.717, 1.165) is 11.1 Å². The second-order valence-corrected chi connectivity index (χ2v) is 5.80. The summed E-state index contributed by atoms with van der Waals surface area (Å²) < 4.78 is 0. The molecule has 1 atom stereocenters. The number of halogens is 2. The number of nitrogen functional groups attached to an aromatic ring is 1. The van der Waals surface area contributed by atoms with Crippen molar-refractivity contribution < 1.29 is 4.79 Å². The van der Waals surface area contributed by atoms with Gasteiger partial charge in [-0.1, -0.05) is 40.9 Å². The maximum Gasteiger partial charge on any atom is 0.253 e. The number of carbonyl (C=O) groups excluding carboxylic acids is 1. The van der Waals surface area contributed by atoms with Gasteiger partial charge in [-0.05, 0) is 43.7 Å². The van der Waals surface area contributed by atoms with E-state index in [1.54, 1.807) is 30.3 Å². The van der Waals surface area contributed by atoms with Crippen molar-refractivity contribution in [2.45, 2.75) is 19.9 Å². The summed E-state index contributed by atoms with van der Waals surface area (Å²) >= 11 is 12.0. The number of hydrogen-bond donors (Lipinski definition) is 2. The van der Waals surface area contributed by atoms with E-state index in [9.17, 15) is 4.79 Å². The average molecular weight is 323 g/mol. The fourth-order valence-corrected chi connectivity index (χ4v) is 2.64. The van der Waals surface area contributed by atoms with Crippen LogP contribution >= 0.6 is 23.2 Å². The summed E-state index contributed by atoms with van der Waals surface area (Å²) in [6.45, 7) is 3.77. The molecule has 2 aromatic rings. The Morgan fingerprint density at radius 1 is 1.19 bits per heavy atom. The lowest BCUT2D eigenvalue weighted by atomic mass is 10.1. The third-order valence-electron chi connectivity index (χ3n) is 3.23. The van der Waals surface area contributed by atoms with Crippen LogP contribution < -0.4 is 11.1 Å². The Hall–Kier alpha value is -1.71. The van der Waals surface area contributed by atoms with Gasteiger partial charge in [-0.15, -0.1) is 0 Å². The van der Waals surface area contributed by atoms with Crippen LogP contribution in [0.2, 0.25) is 10.0 Å². The Balaban J connectivity index is 2.20. The van der Waals surface area contributed by atoms with E-state index in [1.165, 1.54) is 0 Å². The quantitative estimate of drug-likeness (QED) is 0.824. The van der Waals surface area contributed by atoms with E-state index in [0.29, 0.717) is 21.3 Å². The molecule has 0 saturated carbocycles. The van der Waals surface area contributed by atoms with Crippen LogP contribution in [-0.4, -0.2) is 5.91 Å². The lowest BCUT2D eigenvalue weighted by Gasteiger charge is -2.17. The monoisotopic (exact) mass is 322 g/mol. The van der Waals surface area contributed by atoms with Gasteiger partial charge in [0.25, 0.3) is 5.91 Å². The molecule has 0 aliphatic rings. The van der Waals surface area contributed by atoms with Gasteiger partial charge < -0.3 is 11.1 Å². The minimum Gasteiger partial charge on any atom is -0.398 e. The Morgan fingerprint density at radius 2 is 1.90 bits per heavy atom. The van der Waals surface area contributed by atoms with Crippen LogP contribution in [0.3, 0.4) is 0 Å². The van der Waals surface area contributed by atoms with E-state index in [-0.39, 0.29) is 11.9 Å². The summed E-state index contributed by atoms with van der Waals surface area (Å²) in [5.41, 5.74) is 8.55. The van der Waals surface area contributed by atoms with E-state index in [1.807, 2.05) is 19.9 Å². The minimum absolute atomic E-state index is 0.227. The molecule has 0 fully saturated rings. The molecule has 0 saturated heterocycles. The molecule has 3 N–H and O–H groups in total. The summed E-state index contributed by atoms with van der Waals surface area (Å²) in [6, 6.07) is 10.3. The van der Waals surface area contributed by atoms with E-state index in [4.69, 9.17) is 28.9 Å². The van der Waals surface area contributed by atoms with Crippen molar-refractivity contribution >= 4 is 34.8 Å². The number of rotatable bonds is 3. The zero-order valence-corrected chi connectivity index (χ0v) is 13.3. The summed E-state index contributed by atoms with van der Waals surface area (Å²) in [5, 5.41) is 3.98. The third-order valence-corrected chi connectivity index (χ3v) is 3.79. The fourth-order valence-electron chi connectivity index (χ4n) is 2.07. The smallest absolute Gasteiger partial charge is 0.253 e. The summed E-state index contributed by atoms with van der Waals surface area (Å²) in [6.07, 6.45) is 0. The lowest BCUT2D eigenvalue weighted by molar-refractivity contribution is 0.0940. The molecule has 0 heterocycles. The van der Waals surface area contributed by atoms with Crippen LogP contribution in [0, 0.1) is 6.92 Å². The first-order chi connectivity index (χ1) is 9.88. The van der Waals surface area contributed by atoms with E-state index in [2.05, 4.69) is 5.32 Å². The molecular weight excluding hydrogens is 307 g/mol. The molecule has 21 heavy (non-hydrogen) atoms. The van der Waals surface area contributed by atoms with Crippen molar-refractivity contribution in [1.82, 2.24) is 5.32 Å². The minimum atomic E-state index is -0.248. The number of hydrogen-bond acceptors (Lipinski definition) is 2. The van der Waals surface area contributed by atoms with Crippen LogP contribution in [0.25, 0.3) is 0 Å². The van der Waals surface area contributed by atoms with Crippen LogP contribution in [0.4, 0.5) is 5.69 Å². The van der Waals surface area contributed by atoms with Crippen molar-refractivity contribution in [3.05, 3.63) is 63.1 Å². The van der Waals surface area contributed by atoms with Crippen molar-refractivity contribution in [1.29, 1.82) is 0 Å². The molecular formula is C16H16Cl2N2O. The third kappa shape index (κ3) is 3.69. The van der Waals surface area contributed by atoms with Gasteiger partial charge in [0.05, 0.1) is 11.6 Å². The van der Waals surface area contributed by atoms with Gasteiger partial charge in [-0.3, -0.25) is 4.79 Å². The zero-order valence-electron chi connectivity index (χ0n) is 11.8. The number of carbonyl (C=O) groups is 1. The summed E-state index contributed by atoms with van der Waals surface area (Å²) in [4.78, 5) is 12.3. The summed E-state index contributed by atoms with van der Waals surface area (Å²) in [7, 11) is 0. The van der Waals surface area contributed by atoms with E-state index < -0.39 is 0 Å². The highest BCUT2D eigenvalue weighted by Crippen LogP contribution is 2.26. The van der Waals surface area contributed by atoms with Gasteiger partial charge in [0.15, 0.2) is 0 Å². The van der Waals surface area contributed by atoms with Gasteiger partial charge in [-0.2, -0.15) is 0 Å². The number of aryl methyl sites for hydroxylation is 1. The van der Waals surface area contributed by atoms with Crippen LogP contribution in [0.15, 0.2) is 36.4 Å². The van der Waals surface area contributed by atoms with Crippen molar-refractivity contribution in [3.8, 4) is 0 Å². The second-order valence-electron chi connectivity index (χ2n) is 4.95. The first-order valence-electron chi connectivity index (χ1n) is 6.50. The predicted octanol–water partition coefficient (Wildman–Crippen LogP) is 4.38. The van der Waals surface area contributed by atoms with E-state index >= 15 is 0 Å². The number of anilines is 1. The molecule has 0 aromatic heterocycles. The molecule has 0 bridgehead atoms. The number of nitrogens with one attached hydrogen (secondary N) is 1. The molecule has 0 aliphatic carbocycles. The maximum absolute atomic E-state index is 12.3. The average Bonchev–Trinajstić information content (AvgIpc) is 2.41. The van der Waals surface area contributed by atoms with Gasteiger partial charge in [0, 0.05) is 15.7 Å².